The molecular formula is C21H33N3O5. The molecule has 2 fully saturated rings. The highest BCUT2D eigenvalue weighted by atomic mass is 16.5. The minimum absolute atomic E-state index is 0.103. The zero-order chi connectivity index (χ0) is 20.6. The zero-order valence-electron chi connectivity index (χ0n) is 17.9. The molecule has 2 heterocycles. The zero-order valence-corrected chi connectivity index (χ0v) is 17.9. The number of benzene rings is 1. The molecule has 0 bridgehead atoms. The van der Waals surface area contributed by atoms with E-state index in [2.05, 4.69) is 15.2 Å². The van der Waals surface area contributed by atoms with E-state index in [1.807, 2.05) is 19.2 Å². The van der Waals surface area contributed by atoms with Gasteiger partial charge in [0.1, 0.15) is 23.4 Å². The second kappa shape index (κ2) is 10.5. The molecule has 2 atom stereocenters. The maximum atomic E-state index is 5.95. The molecule has 0 amide bonds. The van der Waals surface area contributed by atoms with E-state index >= 15 is 0 Å². The van der Waals surface area contributed by atoms with E-state index in [-0.39, 0.29) is 12.2 Å². The van der Waals surface area contributed by atoms with Crippen molar-refractivity contribution in [1.82, 2.24) is 10.2 Å². The van der Waals surface area contributed by atoms with Crippen molar-refractivity contribution in [3.05, 3.63) is 17.7 Å². The fourth-order valence-corrected chi connectivity index (χ4v) is 3.94. The third kappa shape index (κ3) is 5.25. The molecule has 8 heteroatoms. The van der Waals surface area contributed by atoms with Crippen molar-refractivity contribution in [3.63, 3.8) is 0 Å². The van der Waals surface area contributed by atoms with Crippen LogP contribution < -0.4 is 19.5 Å². The summed E-state index contributed by atoms with van der Waals surface area (Å²) in [5.41, 5.74) is 0.998. The molecule has 1 aromatic rings. The first kappa shape index (κ1) is 21.5. The fraction of sp³-hybridized carbons (Fsp3) is 0.667. The van der Waals surface area contributed by atoms with Gasteiger partial charge in [-0.3, -0.25) is 4.99 Å². The van der Waals surface area contributed by atoms with Crippen molar-refractivity contribution in [2.45, 2.75) is 31.5 Å². The van der Waals surface area contributed by atoms with Crippen LogP contribution >= 0.6 is 0 Å². The van der Waals surface area contributed by atoms with Crippen molar-refractivity contribution in [2.75, 3.05) is 61.2 Å². The van der Waals surface area contributed by atoms with E-state index in [1.165, 1.54) is 0 Å². The first-order chi connectivity index (χ1) is 14.2. The van der Waals surface area contributed by atoms with E-state index in [0.717, 1.165) is 62.0 Å². The molecule has 29 heavy (non-hydrogen) atoms. The second-order valence-corrected chi connectivity index (χ2v) is 7.14. The molecule has 0 radical (unpaired) electrons. The van der Waals surface area contributed by atoms with Gasteiger partial charge in [0, 0.05) is 51.0 Å². The van der Waals surface area contributed by atoms with E-state index in [0.29, 0.717) is 18.9 Å². The summed E-state index contributed by atoms with van der Waals surface area (Å²) < 4.78 is 28.2. The molecule has 3 rings (SSSR count). The van der Waals surface area contributed by atoms with Crippen LogP contribution in [0, 0.1) is 0 Å². The number of hydrogen-bond acceptors (Lipinski definition) is 6. The molecule has 2 unspecified atom stereocenters. The van der Waals surface area contributed by atoms with Gasteiger partial charge in [-0.05, 0) is 19.3 Å². The predicted molar refractivity (Wildman–Crippen MR) is 111 cm³/mol. The van der Waals surface area contributed by atoms with Gasteiger partial charge in [-0.15, -0.1) is 0 Å². The lowest BCUT2D eigenvalue weighted by atomic mass is 10.1. The number of ether oxygens (including phenoxy) is 5. The topological polar surface area (TPSA) is 73.8 Å². The summed E-state index contributed by atoms with van der Waals surface area (Å²) in [6.07, 6.45) is 3.22. The highest BCUT2D eigenvalue weighted by molar-refractivity contribution is 5.80. The van der Waals surface area contributed by atoms with Gasteiger partial charge in [-0.2, -0.15) is 0 Å². The SMILES string of the molecule is CN=C(NCCc1c(OC)cc(OC)cc1OC)N1CCOC(C2CCCO2)C1. The Morgan fingerprint density at radius 3 is 2.41 bits per heavy atom. The third-order valence-electron chi connectivity index (χ3n) is 5.46. The van der Waals surface area contributed by atoms with Crippen LogP contribution in [0.25, 0.3) is 0 Å². The van der Waals surface area contributed by atoms with Crippen LogP contribution in [0.1, 0.15) is 18.4 Å². The average Bonchev–Trinajstić information content (AvgIpc) is 3.31. The Bertz CT molecular complexity index is 666. The summed E-state index contributed by atoms with van der Waals surface area (Å²) in [7, 11) is 6.76. The summed E-state index contributed by atoms with van der Waals surface area (Å²) in [4.78, 5) is 6.72. The Balaban J connectivity index is 1.60. The summed E-state index contributed by atoms with van der Waals surface area (Å²) >= 11 is 0. The van der Waals surface area contributed by atoms with Crippen LogP contribution in [0.3, 0.4) is 0 Å². The van der Waals surface area contributed by atoms with E-state index in [1.54, 1.807) is 21.3 Å². The molecule has 1 N–H and O–H groups in total. The van der Waals surface area contributed by atoms with Gasteiger partial charge in [0.2, 0.25) is 0 Å². The van der Waals surface area contributed by atoms with Crippen LogP contribution in [0.5, 0.6) is 17.2 Å². The number of hydrogen-bond donors (Lipinski definition) is 1. The Labute approximate surface area is 173 Å². The lowest BCUT2D eigenvalue weighted by Gasteiger charge is -2.37. The maximum Gasteiger partial charge on any atom is 0.193 e. The minimum atomic E-state index is 0.103. The quantitative estimate of drug-likeness (QED) is 0.545. The standard InChI is InChI=1S/C21H33N3O5/c1-22-21(24-9-11-29-20(14-24)17-6-5-10-28-17)23-8-7-16-18(26-3)12-15(25-2)13-19(16)27-4/h12-13,17,20H,5-11,14H2,1-4H3,(H,22,23). The largest absolute Gasteiger partial charge is 0.496 e. The molecule has 2 aliphatic heterocycles. The Morgan fingerprint density at radius 1 is 1.10 bits per heavy atom. The lowest BCUT2D eigenvalue weighted by Crippen LogP contribution is -2.53. The number of aliphatic imine (C=N–C) groups is 1. The van der Waals surface area contributed by atoms with Crippen molar-refractivity contribution < 1.29 is 23.7 Å². The van der Waals surface area contributed by atoms with E-state index in [4.69, 9.17) is 23.7 Å². The molecule has 0 aliphatic carbocycles. The van der Waals surface area contributed by atoms with Crippen LogP contribution in [-0.2, 0) is 15.9 Å². The molecule has 0 saturated carbocycles. The first-order valence-electron chi connectivity index (χ1n) is 10.2. The van der Waals surface area contributed by atoms with Gasteiger partial charge in [0.25, 0.3) is 0 Å². The maximum absolute atomic E-state index is 5.95. The van der Waals surface area contributed by atoms with Crippen molar-refractivity contribution in [1.29, 1.82) is 0 Å². The molecule has 1 aromatic carbocycles. The molecular weight excluding hydrogens is 374 g/mol. The predicted octanol–water partition coefficient (Wildman–Crippen LogP) is 1.71. The number of nitrogens with one attached hydrogen (secondary N) is 1. The van der Waals surface area contributed by atoms with E-state index < -0.39 is 0 Å². The molecule has 2 saturated heterocycles. The van der Waals surface area contributed by atoms with Crippen LogP contribution in [0.2, 0.25) is 0 Å². The van der Waals surface area contributed by atoms with Gasteiger partial charge in [-0.25, -0.2) is 0 Å². The smallest absolute Gasteiger partial charge is 0.193 e. The second-order valence-electron chi connectivity index (χ2n) is 7.14. The van der Waals surface area contributed by atoms with Crippen LogP contribution in [-0.4, -0.2) is 84.3 Å². The number of methoxy groups -OCH3 is 3. The molecule has 0 aromatic heterocycles. The molecule has 2 aliphatic rings. The fourth-order valence-electron chi connectivity index (χ4n) is 3.94. The molecule has 0 spiro atoms. The average molecular weight is 408 g/mol. The summed E-state index contributed by atoms with van der Waals surface area (Å²) in [5.74, 6) is 3.09. The monoisotopic (exact) mass is 407 g/mol. The number of morpholine rings is 1. The van der Waals surface area contributed by atoms with Gasteiger partial charge in [0.15, 0.2) is 5.96 Å². The van der Waals surface area contributed by atoms with Crippen molar-refractivity contribution in [2.24, 2.45) is 4.99 Å². The minimum Gasteiger partial charge on any atom is -0.496 e. The summed E-state index contributed by atoms with van der Waals surface area (Å²) in [6.45, 7) is 3.83. The third-order valence-corrected chi connectivity index (χ3v) is 5.46. The Hall–Kier alpha value is -2.19. The van der Waals surface area contributed by atoms with Gasteiger partial charge in [-0.1, -0.05) is 0 Å². The Morgan fingerprint density at radius 2 is 1.83 bits per heavy atom. The van der Waals surface area contributed by atoms with Gasteiger partial charge < -0.3 is 33.9 Å². The van der Waals surface area contributed by atoms with Gasteiger partial charge >= 0.3 is 0 Å². The number of rotatable bonds is 7. The first-order valence-corrected chi connectivity index (χ1v) is 10.2. The Kier molecular flexibility index (Phi) is 7.83. The summed E-state index contributed by atoms with van der Waals surface area (Å²) in [5, 5.41) is 3.47. The molecule has 162 valence electrons. The van der Waals surface area contributed by atoms with Gasteiger partial charge in [0.05, 0.1) is 34.0 Å². The van der Waals surface area contributed by atoms with Crippen LogP contribution in [0.4, 0.5) is 0 Å². The van der Waals surface area contributed by atoms with Crippen molar-refractivity contribution >= 4 is 5.96 Å². The number of nitrogens with zero attached hydrogens (tertiary/aromatic N) is 2. The normalized spacial score (nSPS) is 22.5. The van der Waals surface area contributed by atoms with Crippen LogP contribution in [0.15, 0.2) is 17.1 Å². The lowest BCUT2D eigenvalue weighted by molar-refractivity contribution is -0.0816. The molecule has 8 nitrogen and oxygen atoms in total. The van der Waals surface area contributed by atoms with Crippen molar-refractivity contribution in [3.8, 4) is 17.2 Å². The highest BCUT2D eigenvalue weighted by Crippen LogP contribution is 2.34. The number of guanidine groups is 1. The highest BCUT2D eigenvalue weighted by Gasteiger charge is 2.32. The van der Waals surface area contributed by atoms with E-state index in [9.17, 15) is 0 Å². The summed E-state index contributed by atoms with van der Waals surface area (Å²) in [6, 6.07) is 3.75.